The maximum atomic E-state index is 11.5. The van der Waals surface area contributed by atoms with E-state index in [-0.39, 0.29) is 11.8 Å². The van der Waals surface area contributed by atoms with Gasteiger partial charge in [-0.05, 0) is 37.9 Å². The van der Waals surface area contributed by atoms with Gasteiger partial charge in [0.05, 0.1) is 5.92 Å². The Balaban J connectivity index is 2.20. The first-order chi connectivity index (χ1) is 8.18. The number of carboxylic acid groups (broad SMARTS) is 1. The van der Waals surface area contributed by atoms with Crippen LogP contribution in [0.3, 0.4) is 0 Å². The molecule has 2 rings (SSSR count). The zero-order chi connectivity index (χ0) is 12.3. The van der Waals surface area contributed by atoms with Crippen LogP contribution in [0.25, 0.3) is 0 Å². The number of likely N-dealkylation sites (tertiary alicyclic amines) is 1. The number of carbonyl (C=O) groups is 1. The summed E-state index contributed by atoms with van der Waals surface area (Å²) >= 11 is 0. The first-order valence-electron chi connectivity index (χ1n) is 6.15. The molecule has 3 nitrogen and oxygen atoms in total. The van der Waals surface area contributed by atoms with E-state index in [1.54, 1.807) is 0 Å². The van der Waals surface area contributed by atoms with E-state index in [2.05, 4.69) is 11.9 Å². The number of hydrogen-bond acceptors (Lipinski definition) is 2. The van der Waals surface area contributed by atoms with Crippen LogP contribution in [0.5, 0.6) is 0 Å². The van der Waals surface area contributed by atoms with Gasteiger partial charge in [-0.15, -0.1) is 0 Å². The monoisotopic (exact) mass is 233 g/mol. The van der Waals surface area contributed by atoms with Crippen molar-refractivity contribution < 1.29 is 9.90 Å². The lowest BCUT2D eigenvalue weighted by Gasteiger charge is -2.33. The maximum Gasteiger partial charge on any atom is 0.311 e. The summed E-state index contributed by atoms with van der Waals surface area (Å²) < 4.78 is 0. The van der Waals surface area contributed by atoms with Crippen LogP contribution in [-0.2, 0) is 4.79 Å². The van der Waals surface area contributed by atoms with E-state index in [0.717, 1.165) is 31.5 Å². The van der Waals surface area contributed by atoms with Crippen LogP contribution in [0.2, 0.25) is 0 Å². The number of nitrogens with zero attached hydrogens (tertiary/aromatic N) is 1. The molecule has 0 bridgehead atoms. The third-order valence-electron chi connectivity index (χ3n) is 3.56. The Kier molecular flexibility index (Phi) is 3.79. The van der Waals surface area contributed by atoms with Crippen LogP contribution in [0.15, 0.2) is 30.3 Å². The van der Waals surface area contributed by atoms with Crippen molar-refractivity contribution in [2.24, 2.45) is 5.92 Å². The topological polar surface area (TPSA) is 40.5 Å². The molecule has 1 aliphatic heterocycles. The summed E-state index contributed by atoms with van der Waals surface area (Å²) in [5.41, 5.74) is 0.931. The van der Waals surface area contributed by atoms with Gasteiger partial charge in [0.15, 0.2) is 0 Å². The number of benzene rings is 1. The molecule has 1 aromatic carbocycles. The van der Waals surface area contributed by atoms with Crippen LogP contribution < -0.4 is 0 Å². The number of rotatable bonds is 3. The second-order valence-corrected chi connectivity index (χ2v) is 4.89. The van der Waals surface area contributed by atoms with Crippen LogP contribution in [0.1, 0.15) is 24.3 Å². The average molecular weight is 233 g/mol. The summed E-state index contributed by atoms with van der Waals surface area (Å²) in [6.07, 6.45) is 2.11. The fourth-order valence-electron chi connectivity index (χ4n) is 2.76. The summed E-state index contributed by atoms with van der Waals surface area (Å²) in [5.74, 6) is -0.830. The molecule has 1 N–H and O–H groups in total. The minimum atomic E-state index is -0.698. The Bertz CT molecular complexity index is 377. The highest BCUT2D eigenvalue weighted by atomic mass is 16.4. The molecule has 1 heterocycles. The van der Waals surface area contributed by atoms with Gasteiger partial charge in [0, 0.05) is 6.54 Å². The van der Waals surface area contributed by atoms with Gasteiger partial charge in [0.1, 0.15) is 0 Å². The number of hydrogen-bond donors (Lipinski definition) is 1. The van der Waals surface area contributed by atoms with Crippen molar-refractivity contribution in [3.63, 3.8) is 0 Å². The predicted molar refractivity (Wildman–Crippen MR) is 67.0 cm³/mol. The number of aliphatic carboxylic acids is 1. The zero-order valence-corrected chi connectivity index (χ0v) is 10.2. The van der Waals surface area contributed by atoms with Crippen molar-refractivity contribution >= 4 is 5.97 Å². The maximum absolute atomic E-state index is 11.5. The van der Waals surface area contributed by atoms with Gasteiger partial charge in [-0.25, -0.2) is 0 Å². The van der Waals surface area contributed by atoms with Crippen molar-refractivity contribution in [2.45, 2.75) is 18.8 Å². The van der Waals surface area contributed by atoms with Crippen molar-refractivity contribution in [2.75, 3.05) is 20.1 Å². The number of carboxylic acids is 1. The van der Waals surface area contributed by atoms with E-state index in [9.17, 15) is 9.90 Å². The predicted octanol–water partition coefficient (Wildman–Crippen LogP) is 2.20. The van der Waals surface area contributed by atoms with Gasteiger partial charge < -0.3 is 10.0 Å². The van der Waals surface area contributed by atoms with E-state index >= 15 is 0 Å². The lowest BCUT2D eigenvalue weighted by Crippen LogP contribution is -2.37. The second-order valence-electron chi connectivity index (χ2n) is 4.89. The highest BCUT2D eigenvalue weighted by molar-refractivity contribution is 5.76. The van der Waals surface area contributed by atoms with E-state index in [1.807, 2.05) is 30.3 Å². The summed E-state index contributed by atoms with van der Waals surface area (Å²) in [5, 5.41) is 9.45. The summed E-state index contributed by atoms with van der Waals surface area (Å²) in [4.78, 5) is 13.7. The molecule has 1 aliphatic rings. The third-order valence-corrected chi connectivity index (χ3v) is 3.56. The van der Waals surface area contributed by atoms with Crippen molar-refractivity contribution in [1.82, 2.24) is 4.90 Å². The van der Waals surface area contributed by atoms with Crippen LogP contribution >= 0.6 is 0 Å². The lowest BCUT2D eigenvalue weighted by atomic mass is 9.81. The van der Waals surface area contributed by atoms with E-state index < -0.39 is 5.97 Å². The van der Waals surface area contributed by atoms with Crippen molar-refractivity contribution in [1.29, 1.82) is 0 Å². The van der Waals surface area contributed by atoms with Gasteiger partial charge in [-0.3, -0.25) is 4.79 Å². The second kappa shape index (κ2) is 5.32. The number of piperidine rings is 1. The summed E-state index contributed by atoms with van der Waals surface area (Å²) in [6, 6.07) is 9.60. The first-order valence-corrected chi connectivity index (χ1v) is 6.15. The molecule has 2 atom stereocenters. The van der Waals surface area contributed by atoms with E-state index in [0.29, 0.717) is 0 Å². The molecule has 1 aromatic rings. The molecule has 17 heavy (non-hydrogen) atoms. The molecule has 1 fully saturated rings. The Morgan fingerprint density at radius 1 is 1.41 bits per heavy atom. The standard InChI is InChI=1S/C14H19NO2/c1-15-9-5-8-12(10-15)13(14(16)17)11-6-3-2-4-7-11/h2-4,6-7,12-13H,5,8-10H2,1H3,(H,16,17). The SMILES string of the molecule is CN1CCCC(C(C(=O)O)c2ccccc2)C1. The Morgan fingerprint density at radius 2 is 2.12 bits per heavy atom. The molecule has 0 saturated carbocycles. The zero-order valence-electron chi connectivity index (χ0n) is 10.2. The average Bonchev–Trinajstić information content (AvgIpc) is 2.30. The van der Waals surface area contributed by atoms with Gasteiger partial charge in [0.25, 0.3) is 0 Å². The van der Waals surface area contributed by atoms with Crippen LogP contribution in [0, 0.1) is 5.92 Å². The molecule has 1 saturated heterocycles. The highest BCUT2D eigenvalue weighted by Crippen LogP contribution is 2.31. The Labute approximate surface area is 102 Å². The molecule has 3 heteroatoms. The molecule has 0 radical (unpaired) electrons. The molecule has 0 aromatic heterocycles. The van der Waals surface area contributed by atoms with Gasteiger partial charge in [-0.2, -0.15) is 0 Å². The molecule has 92 valence electrons. The normalized spacial score (nSPS) is 23.2. The van der Waals surface area contributed by atoms with E-state index in [1.165, 1.54) is 0 Å². The van der Waals surface area contributed by atoms with Gasteiger partial charge >= 0.3 is 5.97 Å². The lowest BCUT2D eigenvalue weighted by molar-refractivity contribution is -0.140. The molecule has 0 aliphatic carbocycles. The first kappa shape index (κ1) is 12.1. The van der Waals surface area contributed by atoms with Crippen molar-refractivity contribution in [3.05, 3.63) is 35.9 Å². The van der Waals surface area contributed by atoms with E-state index in [4.69, 9.17) is 0 Å². The molecule has 0 spiro atoms. The Hall–Kier alpha value is -1.35. The smallest absolute Gasteiger partial charge is 0.311 e. The van der Waals surface area contributed by atoms with Crippen molar-refractivity contribution in [3.8, 4) is 0 Å². The fourth-order valence-corrected chi connectivity index (χ4v) is 2.76. The summed E-state index contributed by atoms with van der Waals surface area (Å²) in [6.45, 7) is 1.96. The third kappa shape index (κ3) is 2.86. The Morgan fingerprint density at radius 3 is 2.71 bits per heavy atom. The highest BCUT2D eigenvalue weighted by Gasteiger charge is 2.32. The fraction of sp³-hybridized carbons (Fsp3) is 0.500. The molecular formula is C14H19NO2. The quantitative estimate of drug-likeness (QED) is 0.870. The van der Waals surface area contributed by atoms with Gasteiger partial charge in [0.2, 0.25) is 0 Å². The van der Waals surface area contributed by atoms with Gasteiger partial charge in [-0.1, -0.05) is 30.3 Å². The minimum Gasteiger partial charge on any atom is -0.481 e. The summed E-state index contributed by atoms with van der Waals surface area (Å²) in [7, 11) is 2.07. The van der Waals surface area contributed by atoms with Crippen LogP contribution in [-0.4, -0.2) is 36.1 Å². The minimum absolute atomic E-state index is 0.230. The largest absolute Gasteiger partial charge is 0.481 e. The molecule has 0 amide bonds. The molecular weight excluding hydrogens is 214 g/mol. The van der Waals surface area contributed by atoms with Crippen LogP contribution in [0.4, 0.5) is 0 Å². The molecule has 2 unspecified atom stereocenters.